The van der Waals surface area contributed by atoms with Crippen molar-refractivity contribution in [2.24, 2.45) is 0 Å². The van der Waals surface area contributed by atoms with E-state index in [4.69, 9.17) is 4.74 Å². The van der Waals surface area contributed by atoms with Crippen LogP contribution in [-0.4, -0.2) is 46.9 Å². The summed E-state index contributed by atoms with van der Waals surface area (Å²) in [4.78, 5) is 50.7. The third-order valence-electron chi connectivity index (χ3n) is 6.39. The summed E-state index contributed by atoms with van der Waals surface area (Å²) in [6.07, 6.45) is 1.51. The van der Waals surface area contributed by atoms with Crippen molar-refractivity contribution in [3.05, 3.63) is 108 Å². The molecule has 3 aromatic carbocycles. The van der Waals surface area contributed by atoms with E-state index >= 15 is 0 Å². The molecular formula is C31H25N3O5. The number of amides is 4. The Kier molecular flexibility index (Phi) is 6.93. The number of benzene rings is 3. The van der Waals surface area contributed by atoms with Crippen LogP contribution in [0.25, 0.3) is 34.3 Å². The van der Waals surface area contributed by atoms with E-state index in [9.17, 15) is 19.2 Å². The van der Waals surface area contributed by atoms with E-state index in [-0.39, 0.29) is 12.2 Å². The number of hydrogen-bond donors (Lipinski definition) is 1. The molecule has 8 nitrogen and oxygen atoms in total. The van der Waals surface area contributed by atoms with Gasteiger partial charge in [-0.05, 0) is 54.5 Å². The molecule has 0 radical (unpaired) electrons. The largest absolute Gasteiger partial charge is 0.462 e. The van der Waals surface area contributed by atoms with Crippen molar-refractivity contribution in [2.75, 3.05) is 13.7 Å². The molecule has 1 fully saturated rings. The molecule has 0 spiro atoms. The quantitative estimate of drug-likeness (QED) is 0.218. The van der Waals surface area contributed by atoms with Crippen molar-refractivity contribution in [3.8, 4) is 28.2 Å². The van der Waals surface area contributed by atoms with Crippen LogP contribution in [0.5, 0.6) is 0 Å². The topological polar surface area (TPSA) is 97.7 Å². The van der Waals surface area contributed by atoms with Crippen molar-refractivity contribution in [2.45, 2.75) is 6.92 Å². The van der Waals surface area contributed by atoms with Crippen LogP contribution < -0.4 is 5.32 Å². The van der Waals surface area contributed by atoms with Crippen molar-refractivity contribution in [1.82, 2.24) is 14.8 Å². The lowest BCUT2D eigenvalue weighted by Crippen LogP contribution is -2.52. The van der Waals surface area contributed by atoms with Gasteiger partial charge in [0.05, 0.1) is 23.6 Å². The summed E-state index contributed by atoms with van der Waals surface area (Å²) < 4.78 is 7.15. The van der Waals surface area contributed by atoms with Crippen LogP contribution in [0, 0.1) is 0 Å². The molecule has 0 saturated carbocycles. The number of imide groups is 2. The molecule has 4 aromatic rings. The molecule has 1 N–H and O–H groups in total. The van der Waals surface area contributed by atoms with Gasteiger partial charge in [0, 0.05) is 18.3 Å². The summed E-state index contributed by atoms with van der Waals surface area (Å²) in [5.41, 5.74) is 4.92. The maximum absolute atomic E-state index is 12.9. The highest BCUT2D eigenvalue weighted by Crippen LogP contribution is 2.37. The number of nitrogens with one attached hydrogen (secondary N) is 1. The van der Waals surface area contributed by atoms with Gasteiger partial charge < -0.3 is 9.30 Å². The Balaban J connectivity index is 1.77. The van der Waals surface area contributed by atoms with Gasteiger partial charge in [0.15, 0.2) is 0 Å². The summed E-state index contributed by atoms with van der Waals surface area (Å²) in [7, 11) is 1.32. The fourth-order valence-corrected chi connectivity index (χ4v) is 4.48. The number of rotatable bonds is 6. The molecule has 0 atom stereocenters. The fraction of sp³-hybridized carbons (Fsp3) is 0.0968. The summed E-state index contributed by atoms with van der Waals surface area (Å²) in [5.74, 6) is -1.85. The van der Waals surface area contributed by atoms with Crippen molar-refractivity contribution >= 4 is 29.9 Å². The van der Waals surface area contributed by atoms with E-state index in [1.165, 1.54) is 13.1 Å². The van der Waals surface area contributed by atoms with Gasteiger partial charge in [-0.3, -0.25) is 19.8 Å². The molecule has 0 unspecified atom stereocenters. The molecule has 4 amide bonds. The second-order valence-corrected chi connectivity index (χ2v) is 8.85. The first-order valence-electron chi connectivity index (χ1n) is 12.4. The highest BCUT2D eigenvalue weighted by atomic mass is 16.5. The lowest BCUT2D eigenvalue weighted by atomic mass is 10.0. The third-order valence-corrected chi connectivity index (χ3v) is 6.39. The highest BCUT2D eigenvalue weighted by Gasteiger charge is 2.33. The molecular weight excluding hydrogens is 494 g/mol. The Morgan fingerprint density at radius 1 is 0.872 bits per heavy atom. The van der Waals surface area contributed by atoms with Crippen LogP contribution in [0.4, 0.5) is 4.79 Å². The molecule has 39 heavy (non-hydrogen) atoms. The average molecular weight is 520 g/mol. The number of esters is 1. The normalized spacial score (nSPS) is 14.5. The maximum atomic E-state index is 12.9. The molecule has 1 aromatic heterocycles. The number of urea groups is 1. The fourth-order valence-electron chi connectivity index (χ4n) is 4.48. The molecule has 1 aliphatic heterocycles. The minimum absolute atomic E-state index is 0.149. The van der Waals surface area contributed by atoms with Gasteiger partial charge in [-0.25, -0.2) is 9.59 Å². The van der Waals surface area contributed by atoms with Crippen LogP contribution in [-0.2, 0) is 14.3 Å². The summed E-state index contributed by atoms with van der Waals surface area (Å²) in [5, 5.41) is 2.21. The van der Waals surface area contributed by atoms with Gasteiger partial charge >= 0.3 is 12.0 Å². The minimum atomic E-state index is -0.769. The van der Waals surface area contributed by atoms with E-state index in [2.05, 4.69) is 5.32 Å². The summed E-state index contributed by atoms with van der Waals surface area (Å²) in [6.45, 7) is 2.03. The zero-order valence-corrected chi connectivity index (χ0v) is 21.4. The van der Waals surface area contributed by atoms with Crippen LogP contribution in [0.3, 0.4) is 0 Å². The van der Waals surface area contributed by atoms with Crippen LogP contribution in [0.2, 0.25) is 0 Å². The Bertz CT molecular complexity index is 1600. The van der Waals surface area contributed by atoms with Gasteiger partial charge in [0.2, 0.25) is 0 Å². The van der Waals surface area contributed by atoms with E-state index in [0.717, 1.165) is 33.1 Å². The van der Waals surface area contributed by atoms with Crippen molar-refractivity contribution in [1.29, 1.82) is 0 Å². The smallest absolute Gasteiger partial charge is 0.338 e. The summed E-state index contributed by atoms with van der Waals surface area (Å²) in [6, 6.07) is 27.5. The SMILES string of the molecule is CCOC(=O)c1ccc(-n2c(-c3ccccc3)cc(C=C3C(=O)NC(=O)N(C)C3=O)c2-c2ccccc2)cc1. The van der Waals surface area contributed by atoms with Crippen LogP contribution in [0.15, 0.2) is 96.6 Å². The van der Waals surface area contributed by atoms with Gasteiger partial charge in [-0.2, -0.15) is 0 Å². The first-order chi connectivity index (χ1) is 18.9. The molecule has 1 aliphatic rings. The third kappa shape index (κ3) is 4.87. The molecule has 2 heterocycles. The predicted octanol–water partition coefficient (Wildman–Crippen LogP) is 5.08. The molecule has 194 valence electrons. The van der Waals surface area contributed by atoms with Gasteiger partial charge in [-0.15, -0.1) is 0 Å². The lowest BCUT2D eigenvalue weighted by molar-refractivity contribution is -0.129. The van der Waals surface area contributed by atoms with Crippen molar-refractivity contribution < 1.29 is 23.9 Å². The minimum Gasteiger partial charge on any atom is -0.462 e. The number of nitrogens with zero attached hydrogens (tertiary/aromatic N) is 2. The number of likely N-dealkylation sites (N-methyl/N-ethyl adjacent to an activating group) is 1. The van der Waals surface area contributed by atoms with E-state index in [0.29, 0.717) is 11.1 Å². The standard InChI is InChI=1S/C31H25N3O5/c1-3-39-30(37)22-14-16-24(17-15-22)34-26(20-10-6-4-7-11-20)19-23(27(34)21-12-8-5-9-13-21)18-25-28(35)32-31(38)33(2)29(25)36/h4-19H,3H2,1-2H3,(H,32,35,38). The number of carbonyl (C=O) groups is 4. The first kappa shape index (κ1) is 25.4. The average Bonchev–Trinajstić information content (AvgIpc) is 3.34. The zero-order valence-electron chi connectivity index (χ0n) is 21.4. The Morgan fingerprint density at radius 2 is 1.49 bits per heavy atom. The van der Waals surface area contributed by atoms with E-state index in [1.54, 1.807) is 19.1 Å². The highest BCUT2D eigenvalue weighted by molar-refractivity contribution is 6.31. The van der Waals surface area contributed by atoms with E-state index in [1.807, 2.05) is 83.4 Å². The van der Waals surface area contributed by atoms with Crippen molar-refractivity contribution in [3.63, 3.8) is 0 Å². The molecule has 0 aliphatic carbocycles. The van der Waals surface area contributed by atoms with Gasteiger partial charge in [0.1, 0.15) is 5.57 Å². The number of carbonyl (C=O) groups excluding carboxylic acids is 4. The molecule has 8 heteroatoms. The van der Waals surface area contributed by atoms with Gasteiger partial charge in [-0.1, -0.05) is 60.7 Å². The Morgan fingerprint density at radius 3 is 2.10 bits per heavy atom. The predicted molar refractivity (Wildman–Crippen MR) is 147 cm³/mol. The van der Waals surface area contributed by atoms with E-state index < -0.39 is 23.8 Å². The summed E-state index contributed by atoms with van der Waals surface area (Å²) >= 11 is 0. The van der Waals surface area contributed by atoms with Gasteiger partial charge in [0.25, 0.3) is 11.8 Å². The molecule has 0 bridgehead atoms. The monoisotopic (exact) mass is 519 g/mol. The lowest BCUT2D eigenvalue weighted by Gasteiger charge is -2.22. The molecule has 5 rings (SSSR count). The number of ether oxygens (including phenoxy) is 1. The number of hydrogen-bond acceptors (Lipinski definition) is 5. The van der Waals surface area contributed by atoms with Crippen LogP contribution in [0.1, 0.15) is 22.8 Å². The number of barbiturate groups is 1. The van der Waals surface area contributed by atoms with Crippen LogP contribution >= 0.6 is 0 Å². The Hall–Kier alpha value is -5.24. The maximum Gasteiger partial charge on any atom is 0.338 e. The second kappa shape index (κ2) is 10.6. The first-order valence-corrected chi connectivity index (χ1v) is 12.4. The molecule has 1 saturated heterocycles. The number of aromatic nitrogens is 1. The zero-order chi connectivity index (χ0) is 27.5. The second-order valence-electron chi connectivity index (χ2n) is 8.85. The Labute approximate surface area is 225 Å².